The van der Waals surface area contributed by atoms with Crippen LogP contribution in [-0.4, -0.2) is 37.8 Å². The van der Waals surface area contributed by atoms with Crippen LogP contribution in [0.3, 0.4) is 0 Å². The van der Waals surface area contributed by atoms with Gasteiger partial charge in [0.25, 0.3) is 0 Å². The second kappa shape index (κ2) is 9.58. The minimum absolute atomic E-state index is 0.0171. The molecule has 6 heterocycles. The smallest absolute Gasteiger partial charge is 0.237 e. The number of aryl methyl sites for hydroxylation is 2. The lowest BCUT2D eigenvalue weighted by molar-refractivity contribution is -0.122. The van der Waals surface area contributed by atoms with E-state index in [4.69, 9.17) is 0 Å². The fraction of sp³-hybridized carbons (Fsp3) is 0.333. The Labute approximate surface area is 240 Å². The van der Waals surface area contributed by atoms with Gasteiger partial charge in [-0.25, -0.2) is 0 Å². The van der Waals surface area contributed by atoms with Crippen LogP contribution in [0.25, 0.3) is 22.5 Å². The van der Waals surface area contributed by atoms with Crippen molar-refractivity contribution in [3.63, 3.8) is 0 Å². The lowest BCUT2D eigenvalue weighted by Crippen LogP contribution is -2.37. The van der Waals surface area contributed by atoms with Crippen LogP contribution in [0.15, 0.2) is 61.3 Å². The highest BCUT2D eigenvalue weighted by Crippen LogP contribution is 2.47. The van der Waals surface area contributed by atoms with Crippen LogP contribution in [0, 0.1) is 13.8 Å². The maximum Gasteiger partial charge on any atom is 0.237 e. The lowest BCUT2D eigenvalue weighted by Gasteiger charge is -2.19. The highest BCUT2D eigenvalue weighted by molar-refractivity contribution is 6.08. The van der Waals surface area contributed by atoms with Crippen molar-refractivity contribution in [1.29, 1.82) is 0 Å². The molecule has 1 N–H and O–H groups in total. The molecule has 0 unspecified atom stereocenters. The Morgan fingerprint density at radius 3 is 2.24 bits per heavy atom. The fourth-order valence-electron chi connectivity index (χ4n) is 5.49. The monoisotopic (exact) mass is 546 g/mol. The van der Waals surface area contributed by atoms with E-state index in [9.17, 15) is 9.59 Å². The number of nitrogens with one attached hydrogen (secondary N) is 1. The molecule has 8 heteroatoms. The van der Waals surface area contributed by atoms with Gasteiger partial charge in [0.15, 0.2) is 0 Å². The molecule has 4 aromatic rings. The van der Waals surface area contributed by atoms with Crippen LogP contribution in [0.5, 0.6) is 0 Å². The largest absolute Gasteiger partial charge is 0.325 e. The summed E-state index contributed by atoms with van der Waals surface area (Å²) in [7, 11) is 0. The number of fused-ring (bicyclic) bond motifs is 2. The van der Waals surface area contributed by atoms with E-state index in [1.165, 1.54) is 0 Å². The van der Waals surface area contributed by atoms with Gasteiger partial charge in [-0.2, -0.15) is 0 Å². The summed E-state index contributed by atoms with van der Waals surface area (Å²) in [4.78, 5) is 44.1. The normalized spacial score (nSPS) is 17.9. The second-order valence-corrected chi connectivity index (χ2v) is 12.2. The van der Waals surface area contributed by atoms with Crippen molar-refractivity contribution in [3.05, 3.63) is 83.7 Å². The molecular formula is C33H34N6O2. The summed E-state index contributed by atoms with van der Waals surface area (Å²) in [6.07, 6.45) is 11.3. The first kappa shape index (κ1) is 26.7. The zero-order valence-electron chi connectivity index (χ0n) is 24.3. The SMILES string of the molecule is Cc1ccc(-c2cc3c(cn2)C(C)(C)C(=O)N3)cn1.Cc1cnccc1-c1cc2c(cn1)C(C)(C)C(=O)N2C1CC1. The molecular weight excluding hydrogens is 512 g/mol. The molecule has 1 saturated carbocycles. The third kappa shape index (κ3) is 4.57. The van der Waals surface area contributed by atoms with E-state index in [2.05, 4.69) is 31.3 Å². The number of pyridine rings is 4. The van der Waals surface area contributed by atoms with Crippen LogP contribution >= 0.6 is 0 Å². The average molecular weight is 547 g/mol. The third-order valence-electron chi connectivity index (χ3n) is 8.38. The van der Waals surface area contributed by atoms with E-state index in [1.807, 2.05) is 83.1 Å². The van der Waals surface area contributed by atoms with E-state index < -0.39 is 10.8 Å². The molecule has 208 valence electrons. The van der Waals surface area contributed by atoms with Gasteiger partial charge >= 0.3 is 0 Å². The molecule has 0 atom stereocenters. The second-order valence-electron chi connectivity index (χ2n) is 12.2. The van der Waals surface area contributed by atoms with Gasteiger partial charge in [-0.05, 0) is 90.3 Å². The summed E-state index contributed by atoms with van der Waals surface area (Å²) in [5, 5.41) is 2.91. The van der Waals surface area contributed by atoms with Crippen molar-refractivity contribution in [1.82, 2.24) is 19.9 Å². The number of nitrogens with zero attached hydrogens (tertiary/aromatic N) is 5. The number of hydrogen-bond donors (Lipinski definition) is 1. The number of rotatable bonds is 3. The number of carbonyl (C=O) groups excluding carboxylic acids is 2. The van der Waals surface area contributed by atoms with Gasteiger partial charge in [0, 0.05) is 70.7 Å². The summed E-state index contributed by atoms with van der Waals surface area (Å²) in [5.41, 5.74) is 8.72. The highest BCUT2D eigenvalue weighted by atomic mass is 16.2. The Hall–Kier alpha value is -4.46. The van der Waals surface area contributed by atoms with Gasteiger partial charge in [0.2, 0.25) is 11.8 Å². The molecule has 1 fully saturated rings. The predicted octanol–water partition coefficient (Wildman–Crippen LogP) is 5.92. The molecule has 7 rings (SSSR count). The van der Waals surface area contributed by atoms with Gasteiger partial charge in [0.05, 0.1) is 27.9 Å². The summed E-state index contributed by atoms with van der Waals surface area (Å²) in [6, 6.07) is 10.3. The minimum Gasteiger partial charge on any atom is -0.325 e. The minimum atomic E-state index is -0.508. The molecule has 4 aromatic heterocycles. The number of hydrogen-bond acceptors (Lipinski definition) is 6. The molecule has 1 aliphatic carbocycles. The van der Waals surface area contributed by atoms with Crippen molar-refractivity contribution < 1.29 is 9.59 Å². The Morgan fingerprint density at radius 1 is 0.829 bits per heavy atom. The lowest BCUT2D eigenvalue weighted by atomic mass is 9.87. The standard InChI is InChI=1S/C18H19N3O.C15H15N3O/c1-11-9-19-7-6-13(11)15-8-16-14(10-20-15)18(2,3)17(22)21(16)12-4-5-12;1-9-4-5-10(7-16-9)12-6-13-11(8-17-12)15(2,3)14(19)18-13/h6-10,12H,4-5H2,1-3H3;4-8H,1-3H3,(H,18,19). The van der Waals surface area contributed by atoms with E-state index in [0.29, 0.717) is 6.04 Å². The van der Waals surface area contributed by atoms with Crippen LogP contribution in [0.4, 0.5) is 11.4 Å². The maximum atomic E-state index is 12.8. The van der Waals surface area contributed by atoms with Crippen molar-refractivity contribution >= 4 is 23.2 Å². The molecule has 0 spiro atoms. The van der Waals surface area contributed by atoms with Crippen LogP contribution in [0.1, 0.15) is 62.9 Å². The molecule has 3 aliphatic rings. The number of amides is 2. The third-order valence-corrected chi connectivity index (χ3v) is 8.38. The Bertz CT molecular complexity index is 1690. The summed E-state index contributed by atoms with van der Waals surface area (Å²) in [5.74, 6) is 0.221. The van der Waals surface area contributed by atoms with Crippen molar-refractivity contribution in [2.24, 2.45) is 0 Å². The quantitative estimate of drug-likeness (QED) is 0.342. The topological polar surface area (TPSA) is 101 Å². The van der Waals surface area contributed by atoms with Crippen molar-refractivity contribution in [3.8, 4) is 22.5 Å². The van der Waals surface area contributed by atoms with E-state index >= 15 is 0 Å². The molecule has 2 aliphatic heterocycles. The van der Waals surface area contributed by atoms with Gasteiger partial charge in [-0.3, -0.25) is 29.5 Å². The first-order chi connectivity index (χ1) is 19.5. The van der Waals surface area contributed by atoms with E-state index in [1.54, 1.807) is 18.6 Å². The molecule has 8 nitrogen and oxygen atoms in total. The summed E-state index contributed by atoms with van der Waals surface area (Å²) in [6.45, 7) is 11.8. The Balaban J connectivity index is 0.000000149. The molecule has 0 radical (unpaired) electrons. The first-order valence-electron chi connectivity index (χ1n) is 14.0. The summed E-state index contributed by atoms with van der Waals surface area (Å²) < 4.78 is 0. The molecule has 0 bridgehead atoms. The highest BCUT2D eigenvalue weighted by Gasteiger charge is 2.49. The van der Waals surface area contributed by atoms with Crippen LogP contribution in [-0.2, 0) is 20.4 Å². The number of aromatic nitrogens is 4. The first-order valence-corrected chi connectivity index (χ1v) is 14.0. The van der Waals surface area contributed by atoms with Gasteiger partial charge in [-0.1, -0.05) is 0 Å². The Kier molecular flexibility index (Phi) is 6.25. The molecule has 2 amide bonds. The van der Waals surface area contributed by atoms with Crippen LogP contribution < -0.4 is 10.2 Å². The van der Waals surface area contributed by atoms with E-state index in [0.717, 1.165) is 69.1 Å². The van der Waals surface area contributed by atoms with Gasteiger partial charge in [-0.15, -0.1) is 0 Å². The number of carbonyl (C=O) groups is 2. The van der Waals surface area contributed by atoms with Crippen LogP contribution in [0.2, 0.25) is 0 Å². The van der Waals surface area contributed by atoms with Gasteiger partial charge < -0.3 is 10.2 Å². The molecule has 0 saturated heterocycles. The zero-order chi connectivity index (χ0) is 29.1. The zero-order valence-corrected chi connectivity index (χ0v) is 24.3. The average Bonchev–Trinajstić information content (AvgIpc) is 3.72. The number of anilines is 2. The van der Waals surface area contributed by atoms with Gasteiger partial charge in [0.1, 0.15) is 0 Å². The summed E-state index contributed by atoms with van der Waals surface area (Å²) >= 11 is 0. The fourth-order valence-corrected chi connectivity index (χ4v) is 5.49. The van der Waals surface area contributed by atoms with Crippen molar-refractivity contribution in [2.75, 3.05) is 10.2 Å². The Morgan fingerprint density at radius 2 is 1.56 bits per heavy atom. The predicted molar refractivity (Wildman–Crippen MR) is 160 cm³/mol. The van der Waals surface area contributed by atoms with E-state index in [-0.39, 0.29) is 11.8 Å². The molecule has 41 heavy (non-hydrogen) atoms. The molecule has 0 aromatic carbocycles. The maximum absolute atomic E-state index is 12.8. The van der Waals surface area contributed by atoms with Crippen molar-refractivity contribution in [2.45, 2.75) is 71.3 Å².